The van der Waals surface area contributed by atoms with E-state index in [0.29, 0.717) is 0 Å². The minimum absolute atomic E-state index is 0.0692. The Hall–Kier alpha value is -2.11. The standard InChI is InChI=1S/C11H15N5O/c1-7-11(8(2)15-14-7)9-4-13-16(5-9)6-10(17)12-3/h4-5H,6H2,1-3H3,(H,12,17)(H,14,15). The summed E-state index contributed by atoms with van der Waals surface area (Å²) in [5.41, 5.74) is 3.95. The lowest BCUT2D eigenvalue weighted by Crippen LogP contribution is -2.23. The Labute approximate surface area is 99.0 Å². The fraction of sp³-hybridized carbons (Fsp3) is 0.364. The molecule has 2 N–H and O–H groups in total. The second-order valence-electron chi connectivity index (χ2n) is 3.91. The first-order valence-corrected chi connectivity index (χ1v) is 5.36. The van der Waals surface area contributed by atoms with Gasteiger partial charge < -0.3 is 5.32 Å². The van der Waals surface area contributed by atoms with Crippen molar-refractivity contribution in [2.24, 2.45) is 0 Å². The van der Waals surface area contributed by atoms with Gasteiger partial charge in [0, 0.05) is 30.1 Å². The van der Waals surface area contributed by atoms with Crippen LogP contribution in [0.1, 0.15) is 11.4 Å². The van der Waals surface area contributed by atoms with Crippen molar-refractivity contribution in [3.63, 3.8) is 0 Å². The summed E-state index contributed by atoms with van der Waals surface area (Å²) in [6, 6.07) is 0. The van der Waals surface area contributed by atoms with E-state index < -0.39 is 0 Å². The number of aromatic nitrogens is 4. The molecule has 0 saturated carbocycles. The number of nitrogens with one attached hydrogen (secondary N) is 2. The summed E-state index contributed by atoms with van der Waals surface area (Å²) in [6.45, 7) is 4.13. The molecule has 0 aliphatic heterocycles. The summed E-state index contributed by atoms with van der Waals surface area (Å²) in [4.78, 5) is 11.2. The molecule has 2 rings (SSSR count). The van der Waals surface area contributed by atoms with Crippen LogP contribution in [0.2, 0.25) is 0 Å². The van der Waals surface area contributed by atoms with Gasteiger partial charge in [-0.2, -0.15) is 10.2 Å². The number of H-pyrrole nitrogens is 1. The van der Waals surface area contributed by atoms with Crippen molar-refractivity contribution < 1.29 is 4.79 Å². The number of carbonyl (C=O) groups is 1. The number of rotatable bonds is 3. The Morgan fingerprint density at radius 1 is 1.53 bits per heavy atom. The van der Waals surface area contributed by atoms with Crippen LogP contribution in [0.15, 0.2) is 12.4 Å². The average Bonchev–Trinajstić information content (AvgIpc) is 2.86. The molecule has 0 bridgehead atoms. The molecule has 0 saturated heterocycles. The maximum absolute atomic E-state index is 11.2. The van der Waals surface area contributed by atoms with Crippen molar-refractivity contribution in [2.75, 3.05) is 7.05 Å². The third-order valence-corrected chi connectivity index (χ3v) is 2.63. The summed E-state index contributed by atoms with van der Waals surface area (Å²) in [6.07, 6.45) is 3.59. The van der Waals surface area contributed by atoms with Gasteiger partial charge in [-0.15, -0.1) is 0 Å². The van der Waals surface area contributed by atoms with E-state index in [-0.39, 0.29) is 12.5 Å². The lowest BCUT2D eigenvalue weighted by atomic mass is 10.1. The van der Waals surface area contributed by atoms with Gasteiger partial charge in [-0.1, -0.05) is 0 Å². The van der Waals surface area contributed by atoms with Crippen LogP contribution in [0.25, 0.3) is 11.1 Å². The van der Waals surface area contributed by atoms with Gasteiger partial charge in [0.25, 0.3) is 0 Å². The molecule has 2 heterocycles. The number of aromatic amines is 1. The lowest BCUT2D eigenvalue weighted by Gasteiger charge is -1.99. The quantitative estimate of drug-likeness (QED) is 0.816. The predicted molar refractivity (Wildman–Crippen MR) is 63.3 cm³/mol. The number of carbonyl (C=O) groups excluding carboxylic acids is 1. The number of hydrogen-bond donors (Lipinski definition) is 2. The van der Waals surface area contributed by atoms with E-state index >= 15 is 0 Å². The molecule has 2 aromatic heterocycles. The third-order valence-electron chi connectivity index (χ3n) is 2.63. The van der Waals surface area contributed by atoms with E-state index in [4.69, 9.17) is 0 Å². The van der Waals surface area contributed by atoms with Crippen molar-refractivity contribution in [1.29, 1.82) is 0 Å². The van der Waals surface area contributed by atoms with E-state index in [1.54, 1.807) is 17.9 Å². The Morgan fingerprint density at radius 2 is 2.29 bits per heavy atom. The first kappa shape index (κ1) is 11.4. The number of hydrogen-bond acceptors (Lipinski definition) is 3. The summed E-state index contributed by atoms with van der Waals surface area (Å²) in [5, 5.41) is 13.8. The molecule has 0 aromatic carbocycles. The molecule has 0 spiro atoms. The molecule has 0 aliphatic rings. The summed E-state index contributed by atoms with van der Waals surface area (Å²) in [5.74, 6) is -0.0692. The molecule has 0 aliphatic carbocycles. The fourth-order valence-corrected chi connectivity index (χ4v) is 1.78. The summed E-state index contributed by atoms with van der Waals surface area (Å²) < 4.78 is 1.61. The van der Waals surface area contributed by atoms with Crippen molar-refractivity contribution in [1.82, 2.24) is 25.3 Å². The van der Waals surface area contributed by atoms with Crippen molar-refractivity contribution in [3.8, 4) is 11.1 Å². The predicted octanol–water partition coefficient (Wildman–Crippen LogP) is 0.636. The van der Waals surface area contributed by atoms with Crippen LogP contribution in [-0.2, 0) is 11.3 Å². The minimum Gasteiger partial charge on any atom is -0.358 e. The molecule has 0 fully saturated rings. The van der Waals surface area contributed by atoms with E-state index in [9.17, 15) is 4.79 Å². The van der Waals surface area contributed by atoms with Gasteiger partial charge in [-0.05, 0) is 13.8 Å². The highest BCUT2D eigenvalue weighted by atomic mass is 16.1. The average molecular weight is 233 g/mol. The van der Waals surface area contributed by atoms with Gasteiger partial charge in [0.05, 0.1) is 11.9 Å². The largest absolute Gasteiger partial charge is 0.358 e. The monoisotopic (exact) mass is 233 g/mol. The maximum Gasteiger partial charge on any atom is 0.241 e. The molecule has 0 unspecified atom stereocenters. The van der Waals surface area contributed by atoms with Gasteiger partial charge in [0.15, 0.2) is 0 Å². The molecule has 6 heteroatoms. The van der Waals surface area contributed by atoms with Crippen LogP contribution in [0.5, 0.6) is 0 Å². The molecule has 0 atom stereocenters. The van der Waals surface area contributed by atoms with Gasteiger partial charge >= 0.3 is 0 Å². The molecule has 0 radical (unpaired) electrons. The zero-order valence-electron chi connectivity index (χ0n) is 10.1. The highest BCUT2D eigenvalue weighted by molar-refractivity contribution is 5.75. The molecule has 2 aromatic rings. The number of nitrogens with zero attached hydrogens (tertiary/aromatic N) is 3. The number of amides is 1. The van der Waals surface area contributed by atoms with Gasteiger partial charge in [0.2, 0.25) is 5.91 Å². The van der Waals surface area contributed by atoms with Crippen molar-refractivity contribution in [2.45, 2.75) is 20.4 Å². The van der Waals surface area contributed by atoms with Gasteiger partial charge in [-0.3, -0.25) is 14.6 Å². The highest BCUT2D eigenvalue weighted by Gasteiger charge is 2.11. The Bertz CT molecular complexity index is 520. The van der Waals surface area contributed by atoms with Crippen LogP contribution < -0.4 is 5.32 Å². The number of likely N-dealkylation sites (N-methyl/N-ethyl adjacent to an activating group) is 1. The molecule has 1 amide bonds. The van der Waals surface area contributed by atoms with Crippen LogP contribution in [-0.4, -0.2) is 32.9 Å². The van der Waals surface area contributed by atoms with E-state index in [1.165, 1.54) is 0 Å². The van der Waals surface area contributed by atoms with Crippen molar-refractivity contribution >= 4 is 5.91 Å². The molecule has 90 valence electrons. The summed E-state index contributed by atoms with van der Waals surface area (Å²) >= 11 is 0. The number of aryl methyl sites for hydroxylation is 2. The second kappa shape index (κ2) is 4.40. The first-order chi connectivity index (χ1) is 8.11. The summed E-state index contributed by atoms with van der Waals surface area (Å²) in [7, 11) is 1.61. The van der Waals surface area contributed by atoms with Crippen LogP contribution in [0.4, 0.5) is 0 Å². The smallest absolute Gasteiger partial charge is 0.241 e. The van der Waals surface area contributed by atoms with E-state index in [1.807, 2.05) is 20.0 Å². The molecule has 6 nitrogen and oxygen atoms in total. The van der Waals surface area contributed by atoms with Gasteiger partial charge in [0.1, 0.15) is 6.54 Å². The molecular formula is C11H15N5O. The molecular weight excluding hydrogens is 218 g/mol. The Kier molecular flexibility index (Phi) is 2.95. The molecule has 17 heavy (non-hydrogen) atoms. The van der Waals surface area contributed by atoms with Crippen molar-refractivity contribution in [3.05, 3.63) is 23.8 Å². The second-order valence-corrected chi connectivity index (χ2v) is 3.91. The Balaban J connectivity index is 2.27. The normalized spacial score (nSPS) is 10.5. The third kappa shape index (κ3) is 2.20. The van der Waals surface area contributed by atoms with E-state index in [2.05, 4.69) is 20.6 Å². The lowest BCUT2D eigenvalue weighted by molar-refractivity contribution is -0.121. The van der Waals surface area contributed by atoms with Crippen LogP contribution in [0, 0.1) is 13.8 Å². The van der Waals surface area contributed by atoms with Crippen LogP contribution in [0.3, 0.4) is 0 Å². The topological polar surface area (TPSA) is 75.6 Å². The van der Waals surface area contributed by atoms with Gasteiger partial charge in [-0.25, -0.2) is 0 Å². The van der Waals surface area contributed by atoms with Crippen LogP contribution >= 0.6 is 0 Å². The highest BCUT2D eigenvalue weighted by Crippen LogP contribution is 2.24. The fourth-order valence-electron chi connectivity index (χ4n) is 1.78. The zero-order valence-corrected chi connectivity index (χ0v) is 10.1. The minimum atomic E-state index is -0.0692. The first-order valence-electron chi connectivity index (χ1n) is 5.36. The zero-order chi connectivity index (χ0) is 12.4. The Morgan fingerprint density at radius 3 is 2.88 bits per heavy atom. The maximum atomic E-state index is 11.2. The SMILES string of the molecule is CNC(=O)Cn1cc(-c2c(C)n[nH]c2C)cn1. The van der Waals surface area contributed by atoms with E-state index in [0.717, 1.165) is 22.5 Å².